The molecule has 292 valence electrons. The Labute approximate surface area is 341 Å². The van der Waals surface area contributed by atoms with Crippen molar-refractivity contribution in [1.29, 1.82) is 0 Å². The Morgan fingerprint density at radius 3 is 2.32 bits per heavy atom. The molecule has 2 N–H and O–H groups in total. The minimum Gasteiger partial charge on any atom is -0.485 e. The van der Waals surface area contributed by atoms with Crippen LogP contribution in [0.3, 0.4) is 0 Å². The number of nitrogens with one attached hydrogen (secondary N) is 2. The molecule has 3 nitrogen and oxygen atoms in total. The summed E-state index contributed by atoms with van der Waals surface area (Å²) in [6, 6.07) is 22.7. The van der Waals surface area contributed by atoms with Crippen molar-refractivity contribution in [3.8, 4) is 5.75 Å². The molecule has 7 atom stereocenters. The van der Waals surface area contributed by atoms with Crippen molar-refractivity contribution >= 4 is 5.70 Å². The van der Waals surface area contributed by atoms with E-state index in [1.54, 1.807) is 50.1 Å². The Bertz CT molecular complexity index is 2210. The summed E-state index contributed by atoms with van der Waals surface area (Å²) in [5.74, 6) is 3.37. The van der Waals surface area contributed by atoms with Gasteiger partial charge in [-0.05, 0) is 184 Å². The summed E-state index contributed by atoms with van der Waals surface area (Å²) < 4.78 is 6.40. The number of fused-ring (bicyclic) bond motifs is 6. The molecule has 0 bridgehead atoms. The fourth-order valence-corrected chi connectivity index (χ4v) is 12.3. The minimum atomic E-state index is 0.152. The van der Waals surface area contributed by atoms with Crippen molar-refractivity contribution in [3.05, 3.63) is 164 Å². The van der Waals surface area contributed by atoms with Crippen molar-refractivity contribution in [1.82, 2.24) is 10.6 Å². The first-order chi connectivity index (χ1) is 28.2. The summed E-state index contributed by atoms with van der Waals surface area (Å²) in [7, 11) is 0. The number of benzene rings is 3. The highest BCUT2D eigenvalue weighted by atomic mass is 16.5. The Hall–Kier alpha value is -4.34. The molecule has 7 unspecified atom stereocenters. The van der Waals surface area contributed by atoms with Crippen LogP contribution >= 0.6 is 0 Å². The molecule has 2 heterocycles. The molecule has 3 aromatic carbocycles. The second kappa shape index (κ2) is 15.4. The number of para-hydroxylation sites is 1. The summed E-state index contributed by atoms with van der Waals surface area (Å²) in [5, 5.41) is 8.19. The van der Waals surface area contributed by atoms with Crippen LogP contribution in [-0.2, 0) is 25.7 Å². The van der Waals surface area contributed by atoms with E-state index in [1.807, 2.05) is 0 Å². The van der Waals surface area contributed by atoms with Crippen molar-refractivity contribution in [2.75, 3.05) is 0 Å². The lowest BCUT2D eigenvalue weighted by Crippen LogP contribution is -2.52. The van der Waals surface area contributed by atoms with Crippen molar-refractivity contribution in [3.63, 3.8) is 0 Å². The van der Waals surface area contributed by atoms with E-state index in [0.717, 1.165) is 31.4 Å². The van der Waals surface area contributed by atoms with Crippen LogP contribution in [0.25, 0.3) is 5.70 Å². The van der Waals surface area contributed by atoms with E-state index in [9.17, 15) is 0 Å². The smallest absolute Gasteiger partial charge is 0.124 e. The summed E-state index contributed by atoms with van der Waals surface area (Å²) in [6.45, 7) is 0. The SMILES string of the molecule is C1=CC(C2=CC3Oc4ccccc4C3CC2)CC=C1C1CC=C(C2C=C(c3ccccc3)NC(C3=CCCC(c4cc5c(c6c4CCCC6)CCCC5)C3)N2)CC1. The summed E-state index contributed by atoms with van der Waals surface area (Å²) in [5.41, 5.74) is 19.0. The van der Waals surface area contributed by atoms with Gasteiger partial charge in [-0.15, -0.1) is 0 Å². The van der Waals surface area contributed by atoms with Gasteiger partial charge in [-0.2, -0.15) is 0 Å². The second-order valence-corrected chi connectivity index (χ2v) is 18.6. The van der Waals surface area contributed by atoms with E-state index < -0.39 is 0 Å². The van der Waals surface area contributed by atoms with Gasteiger partial charge in [0, 0.05) is 23.1 Å². The Morgan fingerprint density at radius 1 is 0.632 bits per heavy atom. The van der Waals surface area contributed by atoms with E-state index in [2.05, 4.69) is 114 Å². The second-order valence-electron chi connectivity index (χ2n) is 18.6. The summed E-state index contributed by atoms with van der Waals surface area (Å²) in [4.78, 5) is 0. The highest BCUT2D eigenvalue weighted by Gasteiger charge is 2.37. The average Bonchev–Trinajstić information content (AvgIpc) is 3.67. The number of aryl methyl sites for hydroxylation is 1. The van der Waals surface area contributed by atoms with Gasteiger partial charge < -0.3 is 10.1 Å². The van der Waals surface area contributed by atoms with Crippen LogP contribution in [-0.4, -0.2) is 18.3 Å². The molecule has 0 aromatic heterocycles. The van der Waals surface area contributed by atoms with E-state index in [-0.39, 0.29) is 18.3 Å². The highest BCUT2D eigenvalue weighted by Crippen LogP contribution is 2.47. The number of ether oxygens (including phenoxy) is 1. The van der Waals surface area contributed by atoms with Gasteiger partial charge in [0.25, 0.3) is 0 Å². The van der Waals surface area contributed by atoms with E-state index in [1.165, 1.54) is 100 Å². The summed E-state index contributed by atoms with van der Waals surface area (Å²) >= 11 is 0. The third-order valence-corrected chi connectivity index (χ3v) is 15.3. The van der Waals surface area contributed by atoms with Crippen LogP contribution < -0.4 is 15.4 Å². The molecule has 0 saturated carbocycles. The van der Waals surface area contributed by atoms with Crippen molar-refractivity contribution in [2.24, 2.45) is 11.8 Å². The van der Waals surface area contributed by atoms with Gasteiger partial charge in [0.05, 0.1) is 12.2 Å². The maximum absolute atomic E-state index is 6.40. The van der Waals surface area contributed by atoms with Crippen LogP contribution in [0.15, 0.2) is 125 Å². The van der Waals surface area contributed by atoms with Crippen molar-refractivity contribution in [2.45, 2.75) is 139 Å². The molecule has 3 aromatic rings. The van der Waals surface area contributed by atoms with Gasteiger partial charge in [-0.25, -0.2) is 0 Å². The molecule has 0 amide bonds. The minimum absolute atomic E-state index is 0.152. The first-order valence-corrected chi connectivity index (χ1v) is 22.9. The summed E-state index contributed by atoms with van der Waals surface area (Å²) in [6.07, 6.45) is 39.4. The molecule has 3 heteroatoms. The Balaban J connectivity index is 0.787. The zero-order valence-corrected chi connectivity index (χ0v) is 33.8. The van der Waals surface area contributed by atoms with Crippen LogP contribution in [0, 0.1) is 11.8 Å². The van der Waals surface area contributed by atoms with Crippen LogP contribution in [0.1, 0.15) is 134 Å². The molecule has 0 spiro atoms. The van der Waals surface area contributed by atoms with Crippen LogP contribution in [0.5, 0.6) is 5.75 Å². The standard InChI is InChI=1S/C54H60N2O/c1-2-11-38(12-3-1)50-34-51(56-54(55-50)43-15-10-14-41(31-43)49-32-42-13-4-5-16-44(42)45-17-6-7-18-46(45)49)39-27-25-36(26-28-39)35-21-23-37(24-22-35)40-29-30-48-47-19-8-9-20-52(47)57-53(48)33-40/h1-3,8-9,11-12,15,19-23,27,32-34,36-37,41,48,51,53-56H,4-7,10,13-14,16-18,24-26,28-31H2. The quantitative estimate of drug-likeness (QED) is 0.246. The predicted octanol–water partition coefficient (Wildman–Crippen LogP) is 12.1. The highest BCUT2D eigenvalue weighted by molar-refractivity contribution is 5.67. The third-order valence-electron chi connectivity index (χ3n) is 15.3. The maximum atomic E-state index is 6.40. The lowest BCUT2D eigenvalue weighted by atomic mass is 9.73. The van der Waals surface area contributed by atoms with Crippen molar-refractivity contribution < 1.29 is 4.74 Å². The van der Waals surface area contributed by atoms with E-state index in [4.69, 9.17) is 4.74 Å². The van der Waals surface area contributed by atoms with E-state index >= 15 is 0 Å². The van der Waals surface area contributed by atoms with Gasteiger partial charge in [-0.1, -0.05) is 96.1 Å². The van der Waals surface area contributed by atoms with Crippen LogP contribution in [0.4, 0.5) is 0 Å². The molecule has 6 aliphatic carbocycles. The van der Waals surface area contributed by atoms with Gasteiger partial charge >= 0.3 is 0 Å². The number of hydrogen-bond acceptors (Lipinski definition) is 3. The number of rotatable bonds is 6. The van der Waals surface area contributed by atoms with Gasteiger partial charge in [0.1, 0.15) is 11.9 Å². The molecule has 57 heavy (non-hydrogen) atoms. The van der Waals surface area contributed by atoms with Gasteiger partial charge in [-0.3, -0.25) is 5.32 Å². The largest absolute Gasteiger partial charge is 0.485 e. The molecule has 0 saturated heterocycles. The molecule has 2 aliphatic heterocycles. The topological polar surface area (TPSA) is 33.3 Å². The number of allylic oxidation sites excluding steroid dienone is 7. The zero-order chi connectivity index (χ0) is 37.7. The van der Waals surface area contributed by atoms with Crippen LogP contribution in [0.2, 0.25) is 0 Å². The maximum Gasteiger partial charge on any atom is 0.124 e. The molecular weight excluding hydrogens is 693 g/mol. The lowest BCUT2D eigenvalue weighted by Gasteiger charge is -2.39. The molecule has 11 rings (SSSR count). The lowest BCUT2D eigenvalue weighted by molar-refractivity contribution is 0.239. The average molecular weight is 753 g/mol. The molecule has 0 radical (unpaired) electrons. The fourth-order valence-electron chi connectivity index (χ4n) is 12.3. The normalized spacial score (nSPS) is 30.5. The fraction of sp³-hybridized carbons (Fsp3) is 0.444. The first kappa shape index (κ1) is 35.8. The van der Waals surface area contributed by atoms with Gasteiger partial charge in [0.15, 0.2) is 0 Å². The predicted molar refractivity (Wildman–Crippen MR) is 234 cm³/mol. The Kier molecular flexibility index (Phi) is 9.70. The third kappa shape index (κ3) is 6.92. The Morgan fingerprint density at radius 2 is 1.46 bits per heavy atom. The van der Waals surface area contributed by atoms with Gasteiger partial charge in [0.2, 0.25) is 0 Å². The van der Waals surface area contributed by atoms with E-state index in [0.29, 0.717) is 23.7 Å². The molecule has 0 fully saturated rings. The zero-order valence-electron chi connectivity index (χ0n) is 33.8. The first-order valence-electron chi connectivity index (χ1n) is 22.9. The molecule has 8 aliphatic rings. The monoisotopic (exact) mass is 752 g/mol. The molecular formula is C54H60N2O. The number of hydrogen-bond donors (Lipinski definition) is 2.